The van der Waals surface area contributed by atoms with E-state index in [0.29, 0.717) is 5.69 Å². The predicted octanol–water partition coefficient (Wildman–Crippen LogP) is 4.77. The number of amides is 1. The molecule has 122 valence electrons. The molecule has 0 spiro atoms. The summed E-state index contributed by atoms with van der Waals surface area (Å²) in [4.78, 5) is 18.3. The fourth-order valence-electron chi connectivity index (χ4n) is 2.21. The van der Waals surface area contributed by atoms with Gasteiger partial charge in [-0.15, -0.1) is 0 Å². The second-order valence-electron chi connectivity index (χ2n) is 5.60. The molecule has 0 bridgehead atoms. The number of unbranched alkanes of at least 4 members (excludes halogenated alkanes) is 1. The third-order valence-electron chi connectivity index (χ3n) is 3.64. The van der Waals surface area contributed by atoms with Crippen LogP contribution >= 0.6 is 15.9 Å². The molecule has 1 aromatic carbocycles. The van der Waals surface area contributed by atoms with Crippen molar-refractivity contribution >= 4 is 33.2 Å². The molecule has 1 heterocycles. The van der Waals surface area contributed by atoms with Gasteiger partial charge >= 0.3 is 0 Å². The third-order valence-corrected chi connectivity index (χ3v) is 4.14. The summed E-state index contributed by atoms with van der Waals surface area (Å²) in [5.41, 5.74) is 3.50. The van der Waals surface area contributed by atoms with Gasteiger partial charge in [0.15, 0.2) is 0 Å². The van der Waals surface area contributed by atoms with Crippen LogP contribution in [-0.2, 0) is 0 Å². The van der Waals surface area contributed by atoms with E-state index in [9.17, 15) is 4.79 Å². The van der Waals surface area contributed by atoms with Crippen LogP contribution in [0.25, 0.3) is 0 Å². The molecule has 5 heteroatoms. The van der Waals surface area contributed by atoms with Crippen LogP contribution in [0, 0.1) is 6.92 Å². The molecule has 2 rings (SSSR count). The van der Waals surface area contributed by atoms with Crippen LogP contribution in [0.2, 0.25) is 0 Å². The van der Waals surface area contributed by atoms with Gasteiger partial charge in [-0.2, -0.15) is 0 Å². The Bertz CT molecular complexity index is 670. The fraction of sp³-hybridized carbons (Fsp3) is 0.333. The average molecular weight is 376 g/mol. The number of carbonyl (C=O) groups is 1. The first-order valence-corrected chi connectivity index (χ1v) is 8.55. The molecule has 2 aromatic rings. The maximum Gasteiger partial charge on any atom is 0.272 e. The van der Waals surface area contributed by atoms with Gasteiger partial charge in [0.25, 0.3) is 5.91 Å². The number of aromatic nitrogens is 1. The molecule has 23 heavy (non-hydrogen) atoms. The quantitative estimate of drug-likeness (QED) is 0.790. The van der Waals surface area contributed by atoms with Crippen molar-refractivity contribution in [1.82, 2.24) is 9.88 Å². The van der Waals surface area contributed by atoms with Crippen molar-refractivity contribution in [2.45, 2.75) is 26.7 Å². The van der Waals surface area contributed by atoms with Crippen molar-refractivity contribution in [2.24, 2.45) is 0 Å². The molecular formula is C18H22BrN3O. The Morgan fingerprint density at radius 2 is 2.09 bits per heavy atom. The van der Waals surface area contributed by atoms with Crippen LogP contribution in [0.1, 0.15) is 35.8 Å². The van der Waals surface area contributed by atoms with E-state index >= 15 is 0 Å². The Morgan fingerprint density at radius 3 is 2.70 bits per heavy atom. The summed E-state index contributed by atoms with van der Waals surface area (Å²) < 4.78 is 1.05. The number of halogens is 1. The lowest BCUT2D eigenvalue weighted by Crippen LogP contribution is -2.28. The van der Waals surface area contributed by atoms with E-state index in [-0.39, 0.29) is 5.91 Å². The highest BCUT2D eigenvalue weighted by atomic mass is 79.9. The molecule has 0 fully saturated rings. The van der Waals surface area contributed by atoms with Crippen LogP contribution in [-0.4, -0.2) is 29.4 Å². The van der Waals surface area contributed by atoms with Crippen molar-refractivity contribution in [2.75, 3.05) is 18.9 Å². The highest BCUT2D eigenvalue weighted by Crippen LogP contribution is 2.23. The van der Waals surface area contributed by atoms with Crippen molar-refractivity contribution in [1.29, 1.82) is 0 Å². The maximum absolute atomic E-state index is 12.2. The molecule has 0 saturated carbocycles. The van der Waals surface area contributed by atoms with Gasteiger partial charge < -0.3 is 10.2 Å². The van der Waals surface area contributed by atoms with E-state index < -0.39 is 0 Å². The molecule has 1 N–H and O–H groups in total. The lowest BCUT2D eigenvalue weighted by molar-refractivity contribution is 0.0787. The second-order valence-corrected chi connectivity index (χ2v) is 6.51. The van der Waals surface area contributed by atoms with E-state index in [1.54, 1.807) is 17.2 Å². The molecule has 0 atom stereocenters. The zero-order chi connectivity index (χ0) is 16.8. The van der Waals surface area contributed by atoms with Gasteiger partial charge in [0.05, 0.1) is 11.9 Å². The minimum absolute atomic E-state index is 0.0372. The van der Waals surface area contributed by atoms with Crippen molar-refractivity contribution in [3.63, 3.8) is 0 Å². The Morgan fingerprint density at radius 1 is 1.30 bits per heavy atom. The molecule has 0 radical (unpaired) electrons. The van der Waals surface area contributed by atoms with Crippen LogP contribution in [0.5, 0.6) is 0 Å². The van der Waals surface area contributed by atoms with Gasteiger partial charge in [0.1, 0.15) is 5.69 Å². The normalized spacial score (nSPS) is 10.4. The van der Waals surface area contributed by atoms with Gasteiger partial charge in [-0.3, -0.25) is 4.79 Å². The summed E-state index contributed by atoms with van der Waals surface area (Å²) in [6.07, 6.45) is 3.77. The van der Waals surface area contributed by atoms with Gasteiger partial charge in [0, 0.05) is 23.8 Å². The van der Waals surface area contributed by atoms with E-state index in [2.05, 4.69) is 39.2 Å². The number of benzene rings is 1. The van der Waals surface area contributed by atoms with E-state index in [1.807, 2.05) is 32.2 Å². The number of rotatable bonds is 6. The summed E-state index contributed by atoms with van der Waals surface area (Å²) in [6.45, 7) is 4.91. The molecule has 1 aromatic heterocycles. The number of nitrogens with zero attached hydrogens (tertiary/aromatic N) is 2. The smallest absolute Gasteiger partial charge is 0.272 e. The molecule has 0 aliphatic carbocycles. The topological polar surface area (TPSA) is 45.2 Å². The first kappa shape index (κ1) is 17.5. The zero-order valence-electron chi connectivity index (χ0n) is 13.8. The Hall–Kier alpha value is -1.88. The fourth-order valence-corrected chi connectivity index (χ4v) is 2.69. The van der Waals surface area contributed by atoms with Crippen molar-refractivity contribution in [3.05, 3.63) is 52.3 Å². The molecule has 0 unspecified atom stereocenters. The number of hydrogen-bond donors (Lipinski definition) is 1. The number of nitrogens with one attached hydrogen (secondary N) is 1. The van der Waals surface area contributed by atoms with Gasteiger partial charge in [0.2, 0.25) is 0 Å². The average Bonchev–Trinajstić information content (AvgIpc) is 2.55. The number of aryl methyl sites for hydroxylation is 1. The summed E-state index contributed by atoms with van der Waals surface area (Å²) in [6, 6.07) is 9.70. The minimum atomic E-state index is -0.0372. The molecule has 0 saturated heterocycles. The maximum atomic E-state index is 12.2. The predicted molar refractivity (Wildman–Crippen MR) is 98.3 cm³/mol. The highest BCUT2D eigenvalue weighted by Gasteiger charge is 2.12. The Labute approximate surface area is 146 Å². The lowest BCUT2D eigenvalue weighted by Gasteiger charge is -2.16. The molecule has 0 aliphatic heterocycles. The van der Waals surface area contributed by atoms with Crippen LogP contribution in [0.4, 0.5) is 11.4 Å². The molecule has 1 amide bonds. The molecule has 4 nitrogen and oxygen atoms in total. The molecular weight excluding hydrogens is 354 g/mol. The number of pyridine rings is 1. The Kier molecular flexibility index (Phi) is 6.16. The van der Waals surface area contributed by atoms with E-state index in [4.69, 9.17) is 0 Å². The standard InChI is InChI=1S/C18H22BrN3O/c1-4-5-10-22(3)18(23)17-9-7-15(12-20-17)21-16-8-6-14(19)11-13(16)2/h6-9,11-12,21H,4-5,10H2,1-3H3. The third kappa shape index (κ3) is 4.79. The second kappa shape index (κ2) is 8.11. The van der Waals surface area contributed by atoms with Crippen LogP contribution in [0.15, 0.2) is 41.0 Å². The van der Waals surface area contributed by atoms with Gasteiger partial charge in [-0.05, 0) is 49.2 Å². The summed E-state index contributed by atoms with van der Waals surface area (Å²) >= 11 is 3.46. The Balaban J connectivity index is 2.05. The first-order chi connectivity index (χ1) is 11.0. The highest BCUT2D eigenvalue weighted by molar-refractivity contribution is 9.10. The first-order valence-electron chi connectivity index (χ1n) is 7.76. The zero-order valence-corrected chi connectivity index (χ0v) is 15.4. The number of anilines is 2. The number of carbonyl (C=O) groups excluding carboxylic acids is 1. The summed E-state index contributed by atoms with van der Waals surface area (Å²) in [5, 5.41) is 3.32. The monoisotopic (exact) mass is 375 g/mol. The minimum Gasteiger partial charge on any atom is -0.354 e. The largest absolute Gasteiger partial charge is 0.354 e. The van der Waals surface area contributed by atoms with Crippen LogP contribution in [0.3, 0.4) is 0 Å². The van der Waals surface area contributed by atoms with Crippen molar-refractivity contribution in [3.8, 4) is 0 Å². The van der Waals surface area contributed by atoms with Crippen molar-refractivity contribution < 1.29 is 4.79 Å². The van der Waals surface area contributed by atoms with E-state index in [0.717, 1.165) is 40.8 Å². The van der Waals surface area contributed by atoms with Gasteiger partial charge in [-0.25, -0.2) is 4.98 Å². The SMILES string of the molecule is CCCCN(C)C(=O)c1ccc(Nc2ccc(Br)cc2C)cn1. The van der Waals surface area contributed by atoms with Crippen LogP contribution < -0.4 is 5.32 Å². The summed E-state index contributed by atoms with van der Waals surface area (Å²) in [5.74, 6) is -0.0372. The van der Waals surface area contributed by atoms with Gasteiger partial charge in [-0.1, -0.05) is 29.3 Å². The summed E-state index contributed by atoms with van der Waals surface area (Å²) in [7, 11) is 1.82. The molecule has 0 aliphatic rings. The number of hydrogen-bond acceptors (Lipinski definition) is 3. The van der Waals surface area contributed by atoms with E-state index in [1.165, 1.54) is 0 Å². The lowest BCUT2D eigenvalue weighted by atomic mass is 10.2.